The van der Waals surface area contributed by atoms with Gasteiger partial charge in [0.1, 0.15) is 0 Å². The molecule has 1 amide bonds. The molecule has 0 radical (unpaired) electrons. The molecular formula is C19H24N2O3. The second-order valence-corrected chi connectivity index (χ2v) is 6.39. The van der Waals surface area contributed by atoms with Gasteiger partial charge in [-0.2, -0.15) is 0 Å². The second kappa shape index (κ2) is 7.43. The molecule has 0 spiro atoms. The number of benzene rings is 1. The van der Waals surface area contributed by atoms with E-state index in [1.54, 1.807) is 6.92 Å². The van der Waals surface area contributed by atoms with Crippen molar-refractivity contribution < 1.29 is 14.3 Å². The highest BCUT2D eigenvalue weighted by atomic mass is 16.5. The number of rotatable bonds is 5. The number of aromatic nitrogens is 1. The summed E-state index contributed by atoms with van der Waals surface area (Å²) in [6.45, 7) is 9.31. The van der Waals surface area contributed by atoms with E-state index in [-0.39, 0.29) is 18.6 Å². The highest BCUT2D eigenvalue weighted by Gasteiger charge is 2.19. The van der Waals surface area contributed by atoms with Crippen LogP contribution in [-0.2, 0) is 9.53 Å². The lowest BCUT2D eigenvalue weighted by Gasteiger charge is -2.17. The first-order valence-corrected chi connectivity index (χ1v) is 8.13. The summed E-state index contributed by atoms with van der Waals surface area (Å²) in [6.07, 6.45) is 0. The average Bonchev–Trinajstić information content (AvgIpc) is 2.52. The minimum atomic E-state index is -0.518. The number of hydrogen-bond acceptors (Lipinski definition) is 4. The van der Waals surface area contributed by atoms with Crippen LogP contribution < -0.4 is 5.32 Å². The minimum absolute atomic E-state index is 0.0296. The molecule has 0 aliphatic heterocycles. The van der Waals surface area contributed by atoms with Gasteiger partial charge in [0.05, 0.1) is 16.8 Å². The Balaban J connectivity index is 2.13. The van der Waals surface area contributed by atoms with Crippen molar-refractivity contribution in [2.24, 2.45) is 5.92 Å². The fourth-order valence-electron chi connectivity index (χ4n) is 2.50. The van der Waals surface area contributed by atoms with Crippen LogP contribution in [0.3, 0.4) is 0 Å². The normalized spacial score (nSPS) is 12.2. The highest BCUT2D eigenvalue weighted by molar-refractivity contribution is 5.99. The number of aryl methyl sites for hydroxylation is 2. The number of hydrogen-bond donors (Lipinski definition) is 1. The van der Waals surface area contributed by atoms with Crippen molar-refractivity contribution in [1.82, 2.24) is 10.3 Å². The molecule has 1 aromatic heterocycles. The molecule has 0 aliphatic carbocycles. The number of nitrogens with zero attached hydrogens (tertiary/aromatic N) is 1. The number of esters is 1. The zero-order valence-electron chi connectivity index (χ0n) is 14.8. The van der Waals surface area contributed by atoms with Crippen molar-refractivity contribution in [1.29, 1.82) is 0 Å². The third kappa shape index (κ3) is 3.91. The van der Waals surface area contributed by atoms with E-state index < -0.39 is 5.97 Å². The molecular weight excluding hydrogens is 304 g/mol. The Bertz CT molecular complexity index is 769. The van der Waals surface area contributed by atoms with E-state index in [4.69, 9.17) is 4.74 Å². The van der Waals surface area contributed by atoms with Gasteiger partial charge in [-0.1, -0.05) is 32.0 Å². The van der Waals surface area contributed by atoms with Gasteiger partial charge in [0.2, 0.25) is 0 Å². The Kier molecular flexibility index (Phi) is 5.54. The van der Waals surface area contributed by atoms with Crippen LogP contribution >= 0.6 is 0 Å². The van der Waals surface area contributed by atoms with E-state index in [1.807, 2.05) is 52.0 Å². The molecule has 0 bridgehead atoms. The summed E-state index contributed by atoms with van der Waals surface area (Å²) in [5, 5.41) is 3.72. The molecule has 0 fully saturated rings. The van der Waals surface area contributed by atoms with Crippen LogP contribution in [0.1, 0.15) is 42.4 Å². The summed E-state index contributed by atoms with van der Waals surface area (Å²) >= 11 is 0. The van der Waals surface area contributed by atoms with Gasteiger partial charge in [0.25, 0.3) is 5.91 Å². The van der Waals surface area contributed by atoms with E-state index in [0.717, 1.165) is 16.5 Å². The predicted molar refractivity (Wildman–Crippen MR) is 93.9 cm³/mol. The van der Waals surface area contributed by atoms with Crippen LogP contribution in [-0.4, -0.2) is 29.5 Å². The number of ether oxygens (including phenoxy) is 1. The van der Waals surface area contributed by atoms with Crippen molar-refractivity contribution in [3.8, 4) is 0 Å². The lowest BCUT2D eigenvalue weighted by molar-refractivity contribution is -0.125. The standard InChI is InChI=1S/C19H24N2O3/c1-11(2)13(4)21-17(22)10-24-19(23)18-12(3)15-8-6-7-9-16(15)20-14(18)5/h6-9,11,13H,10H2,1-5H3,(H,21,22)/t13-/m1/s1. The van der Waals surface area contributed by atoms with E-state index in [9.17, 15) is 9.59 Å². The SMILES string of the molecule is Cc1nc2ccccc2c(C)c1C(=O)OCC(=O)N[C@H](C)C(C)C. The molecule has 5 heteroatoms. The lowest BCUT2D eigenvalue weighted by atomic mass is 10.0. The Morgan fingerprint density at radius 1 is 1.17 bits per heavy atom. The lowest BCUT2D eigenvalue weighted by Crippen LogP contribution is -2.38. The molecule has 0 aliphatic rings. The quantitative estimate of drug-likeness (QED) is 0.856. The molecule has 1 N–H and O–H groups in total. The number of carbonyl (C=O) groups is 2. The van der Waals surface area contributed by atoms with Gasteiger partial charge >= 0.3 is 5.97 Å². The van der Waals surface area contributed by atoms with Crippen LogP contribution in [0.25, 0.3) is 10.9 Å². The molecule has 1 aromatic carbocycles. The highest BCUT2D eigenvalue weighted by Crippen LogP contribution is 2.23. The van der Waals surface area contributed by atoms with Crippen molar-refractivity contribution in [3.63, 3.8) is 0 Å². The Labute approximate surface area is 142 Å². The molecule has 1 heterocycles. The Morgan fingerprint density at radius 2 is 1.83 bits per heavy atom. The van der Waals surface area contributed by atoms with Crippen LogP contribution in [0.2, 0.25) is 0 Å². The summed E-state index contributed by atoms with van der Waals surface area (Å²) in [5.41, 5.74) is 2.69. The molecule has 0 saturated heterocycles. The van der Waals surface area contributed by atoms with Crippen molar-refractivity contribution in [3.05, 3.63) is 41.1 Å². The second-order valence-electron chi connectivity index (χ2n) is 6.39. The number of carbonyl (C=O) groups excluding carboxylic acids is 2. The molecule has 128 valence electrons. The first-order chi connectivity index (χ1) is 11.3. The third-order valence-corrected chi connectivity index (χ3v) is 4.26. The van der Waals surface area contributed by atoms with Gasteiger partial charge in [-0.05, 0) is 38.3 Å². The fraction of sp³-hybridized carbons (Fsp3) is 0.421. The van der Waals surface area contributed by atoms with Crippen molar-refractivity contribution >= 4 is 22.8 Å². The number of para-hydroxylation sites is 1. The van der Waals surface area contributed by atoms with E-state index in [2.05, 4.69) is 10.3 Å². The fourth-order valence-corrected chi connectivity index (χ4v) is 2.50. The van der Waals surface area contributed by atoms with E-state index in [1.165, 1.54) is 0 Å². The maximum atomic E-state index is 12.4. The van der Waals surface area contributed by atoms with Gasteiger partial charge in [0, 0.05) is 11.4 Å². The predicted octanol–water partition coefficient (Wildman–Crippen LogP) is 3.17. The molecule has 5 nitrogen and oxygen atoms in total. The number of nitrogens with one attached hydrogen (secondary N) is 1. The van der Waals surface area contributed by atoms with Gasteiger partial charge in [-0.3, -0.25) is 9.78 Å². The molecule has 2 aromatic rings. The summed E-state index contributed by atoms with van der Waals surface area (Å²) < 4.78 is 5.19. The molecule has 2 rings (SSSR count). The summed E-state index contributed by atoms with van der Waals surface area (Å²) in [4.78, 5) is 28.7. The Hall–Kier alpha value is -2.43. The van der Waals surface area contributed by atoms with Crippen LogP contribution in [0.4, 0.5) is 0 Å². The maximum Gasteiger partial charge on any atom is 0.340 e. The smallest absolute Gasteiger partial charge is 0.340 e. The monoisotopic (exact) mass is 328 g/mol. The van der Waals surface area contributed by atoms with Crippen molar-refractivity contribution in [2.75, 3.05) is 6.61 Å². The van der Waals surface area contributed by atoms with Gasteiger partial charge in [-0.25, -0.2) is 4.79 Å². The van der Waals surface area contributed by atoms with Gasteiger partial charge in [-0.15, -0.1) is 0 Å². The summed E-state index contributed by atoms with van der Waals surface area (Å²) in [5.74, 6) is -0.497. The van der Waals surface area contributed by atoms with Gasteiger partial charge in [0.15, 0.2) is 6.61 Å². The van der Waals surface area contributed by atoms with Crippen molar-refractivity contribution in [2.45, 2.75) is 40.7 Å². The third-order valence-electron chi connectivity index (χ3n) is 4.26. The number of amides is 1. The Morgan fingerprint density at radius 3 is 2.50 bits per heavy atom. The topological polar surface area (TPSA) is 68.3 Å². The van der Waals surface area contributed by atoms with Crippen LogP contribution in [0.15, 0.2) is 24.3 Å². The number of pyridine rings is 1. The van der Waals surface area contributed by atoms with E-state index in [0.29, 0.717) is 17.2 Å². The zero-order chi connectivity index (χ0) is 17.9. The minimum Gasteiger partial charge on any atom is -0.452 e. The van der Waals surface area contributed by atoms with Crippen LogP contribution in [0, 0.1) is 19.8 Å². The van der Waals surface area contributed by atoms with Crippen LogP contribution in [0.5, 0.6) is 0 Å². The number of fused-ring (bicyclic) bond motifs is 1. The largest absolute Gasteiger partial charge is 0.452 e. The molecule has 24 heavy (non-hydrogen) atoms. The van der Waals surface area contributed by atoms with E-state index >= 15 is 0 Å². The maximum absolute atomic E-state index is 12.4. The van der Waals surface area contributed by atoms with Gasteiger partial charge < -0.3 is 10.1 Å². The average molecular weight is 328 g/mol. The summed E-state index contributed by atoms with van der Waals surface area (Å²) in [7, 11) is 0. The zero-order valence-corrected chi connectivity index (χ0v) is 14.8. The first-order valence-electron chi connectivity index (χ1n) is 8.13. The first kappa shape index (κ1) is 17.9. The summed E-state index contributed by atoms with van der Waals surface area (Å²) in [6, 6.07) is 7.67. The molecule has 0 unspecified atom stereocenters. The molecule has 1 atom stereocenters. The molecule has 0 saturated carbocycles.